The molecule has 140 valence electrons. The summed E-state index contributed by atoms with van der Waals surface area (Å²) in [5.41, 5.74) is 2.17. The van der Waals surface area contributed by atoms with E-state index in [0.29, 0.717) is 10.0 Å². The van der Waals surface area contributed by atoms with Crippen molar-refractivity contribution in [3.63, 3.8) is 0 Å². The van der Waals surface area contributed by atoms with E-state index in [0.717, 1.165) is 54.2 Å². The first-order valence-electron chi connectivity index (χ1n) is 7.78. The Balaban J connectivity index is 0.00000196. The van der Waals surface area contributed by atoms with Crippen molar-refractivity contribution in [2.75, 3.05) is 35.8 Å². The van der Waals surface area contributed by atoms with Crippen molar-refractivity contribution in [3.8, 4) is 0 Å². The first-order chi connectivity index (χ1) is 12.0. The summed E-state index contributed by atoms with van der Waals surface area (Å²) in [5, 5.41) is 4.17. The van der Waals surface area contributed by atoms with Crippen LogP contribution in [0.25, 0.3) is 11.0 Å². The average molecular weight is 434 g/mol. The van der Waals surface area contributed by atoms with Gasteiger partial charge in [0.15, 0.2) is 5.58 Å². The third-order valence-corrected chi connectivity index (χ3v) is 7.16. The number of thiophene rings is 1. The standard InChI is InChI=1S/C16H16ClN3O3S2.ClH/c17-14-1-2-15(24-14)25(21,22)19-12-9-11-3-8-23-16(11)13(10-12)20-6-4-18-5-7-20;/h1-3,8-10,18-19H,4-7H2;1H. The Labute approximate surface area is 166 Å². The number of halogens is 2. The molecule has 0 bridgehead atoms. The number of rotatable bonds is 4. The molecule has 4 rings (SSSR count). The third-order valence-electron chi connectivity index (χ3n) is 4.05. The number of hydrogen-bond donors (Lipinski definition) is 2. The van der Waals surface area contributed by atoms with Gasteiger partial charge >= 0.3 is 0 Å². The minimum absolute atomic E-state index is 0. The second-order valence-electron chi connectivity index (χ2n) is 5.74. The van der Waals surface area contributed by atoms with E-state index < -0.39 is 10.0 Å². The summed E-state index contributed by atoms with van der Waals surface area (Å²) >= 11 is 6.89. The Bertz CT molecular complexity index is 1010. The highest BCUT2D eigenvalue weighted by molar-refractivity contribution is 7.94. The molecular formula is C16H17Cl2N3O3S2. The van der Waals surface area contributed by atoms with Crippen LogP contribution in [0.5, 0.6) is 0 Å². The minimum atomic E-state index is -3.67. The van der Waals surface area contributed by atoms with Gasteiger partial charge in [-0.1, -0.05) is 11.6 Å². The van der Waals surface area contributed by atoms with Gasteiger partial charge in [0.1, 0.15) is 4.21 Å². The van der Waals surface area contributed by atoms with Gasteiger partial charge in [-0.2, -0.15) is 0 Å². The number of anilines is 2. The Morgan fingerprint density at radius 2 is 1.96 bits per heavy atom. The Kier molecular flexibility index (Phi) is 5.69. The summed E-state index contributed by atoms with van der Waals surface area (Å²) in [7, 11) is -3.67. The fraction of sp³-hybridized carbons (Fsp3) is 0.250. The topological polar surface area (TPSA) is 74.6 Å². The molecule has 10 heteroatoms. The lowest BCUT2D eigenvalue weighted by Crippen LogP contribution is -2.43. The molecule has 6 nitrogen and oxygen atoms in total. The quantitative estimate of drug-likeness (QED) is 0.654. The van der Waals surface area contributed by atoms with Crippen molar-refractivity contribution in [3.05, 3.63) is 40.9 Å². The van der Waals surface area contributed by atoms with Gasteiger partial charge in [-0.15, -0.1) is 23.7 Å². The smallest absolute Gasteiger partial charge is 0.271 e. The lowest BCUT2D eigenvalue weighted by molar-refractivity contribution is 0.579. The van der Waals surface area contributed by atoms with Gasteiger partial charge in [-0.25, -0.2) is 8.42 Å². The van der Waals surface area contributed by atoms with Crippen LogP contribution in [0.4, 0.5) is 11.4 Å². The van der Waals surface area contributed by atoms with Crippen LogP contribution in [-0.2, 0) is 10.0 Å². The highest BCUT2D eigenvalue weighted by Gasteiger charge is 2.20. The van der Waals surface area contributed by atoms with E-state index in [2.05, 4.69) is 14.9 Å². The number of benzene rings is 1. The van der Waals surface area contributed by atoms with Crippen molar-refractivity contribution >= 4 is 67.7 Å². The maximum Gasteiger partial charge on any atom is 0.271 e. The molecule has 1 aliphatic heterocycles. The number of nitrogens with one attached hydrogen (secondary N) is 2. The summed E-state index contributed by atoms with van der Waals surface area (Å²) in [6, 6.07) is 8.51. The fourth-order valence-corrected chi connectivity index (χ4v) is 5.43. The van der Waals surface area contributed by atoms with Gasteiger partial charge < -0.3 is 14.6 Å². The van der Waals surface area contributed by atoms with E-state index in [4.69, 9.17) is 16.0 Å². The summed E-state index contributed by atoms with van der Waals surface area (Å²) in [6.45, 7) is 3.44. The molecule has 1 aliphatic rings. The van der Waals surface area contributed by atoms with Gasteiger partial charge in [0, 0.05) is 31.6 Å². The largest absolute Gasteiger partial charge is 0.462 e. The normalized spacial score (nSPS) is 15.0. The molecule has 3 heterocycles. The van der Waals surface area contributed by atoms with E-state index in [1.165, 1.54) is 6.07 Å². The van der Waals surface area contributed by atoms with E-state index in [9.17, 15) is 8.42 Å². The molecule has 0 spiro atoms. The maximum atomic E-state index is 12.6. The van der Waals surface area contributed by atoms with Crippen LogP contribution in [0.3, 0.4) is 0 Å². The van der Waals surface area contributed by atoms with E-state index >= 15 is 0 Å². The Morgan fingerprint density at radius 1 is 1.19 bits per heavy atom. The average Bonchev–Trinajstić information content (AvgIpc) is 3.23. The predicted molar refractivity (Wildman–Crippen MR) is 109 cm³/mol. The van der Waals surface area contributed by atoms with Crippen LogP contribution in [0.2, 0.25) is 4.34 Å². The molecule has 0 aliphatic carbocycles. The van der Waals surface area contributed by atoms with E-state index in [1.54, 1.807) is 18.4 Å². The number of hydrogen-bond acceptors (Lipinski definition) is 6. The first-order valence-corrected chi connectivity index (χ1v) is 10.5. The van der Waals surface area contributed by atoms with Gasteiger partial charge in [-0.05, 0) is 30.3 Å². The second kappa shape index (κ2) is 7.66. The van der Waals surface area contributed by atoms with Crippen molar-refractivity contribution in [1.82, 2.24) is 5.32 Å². The molecule has 2 N–H and O–H groups in total. The van der Waals surface area contributed by atoms with Crippen LogP contribution >= 0.6 is 35.3 Å². The van der Waals surface area contributed by atoms with Gasteiger partial charge in [0.05, 0.1) is 22.0 Å². The lowest BCUT2D eigenvalue weighted by Gasteiger charge is -2.29. The van der Waals surface area contributed by atoms with E-state index in [1.807, 2.05) is 12.1 Å². The number of piperazine rings is 1. The van der Waals surface area contributed by atoms with Crippen molar-refractivity contribution in [2.45, 2.75) is 4.21 Å². The van der Waals surface area contributed by atoms with Gasteiger partial charge in [-0.3, -0.25) is 4.72 Å². The molecule has 1 fully saturated rings. The zero-order valence-electron chi connectivity index (χ0n) is 13.6. The molecule has 0 amide bonds. The molecule has 0 atom stereocenters. The number of fused-ring (bicyclic) bond motifs is 1. The molecule has 1 saturated heterocycles. The zero-order chi connectivity index (χ0) is 17.4. The first kappa shape index (κ1) is 19.3. The van der Waals surface area contributed by atoms with Crippen molar-refractivity contribution in [2.24, 2.45) is 0 Å². The number of sulfonamides is 1. The molecule has 0 radical (unpaired) electrons. The van der Waals surface area contributed by atoms with Crippen LogP contribution < -0.4 is 14.9 Å². The number of nitrogens with zero attached hydrogens (tertiary/aromatic N) is 1. The predicted octanol–water partition coefficient (Wildman–Crippen LogP) is 3.78. The highest BCUT2D eigenvalue weighted by atomic mass is 35.5. The van der Waals surface area contributed by atoms with Crippen LogP contribution in [-0.4, -0.2) is 34.6 Å². The van der Waals surface area contributed by atoms with Crippen molar-refractivity contribution < 1.29 is 12.8 Å². The molecule has 3 aromatic rings. The summed E-state index contributed by atoms with van der Waals surface area (Å²) in [5.74, 6) is 0. The zero-order valence-corrected chi connectivity index (χ0v) is 16.8. The molecule has 0 unspecified atom stereocenters. The van der Waals surface area contributed by atoms with Crippen LogP contribution in [0, 0.1) is 0 Å². The maximum absolute atomic E-state index is 12.6. The fourth-order valence-electron chi connectivity index (χ4n) is 2.91. The van der Waals surface area contributed by atoms with Gasteiger partial charge in [0.2, 0.25) is 0 Å². The highest BCUT2D eigenvalue weighted by Crippen LogP contribution is 2.34. The van der Waals surface area contributed by atoms with E-state index in [-0.39, 0.29) is 16.6 Å². The van der Waals surface area contributed by atoms with Crippen molar-refractivity contribution in [1.29, 1.82) is 0 Å². The molecular weight excluding hydrogens is 417 g/mol. The molecule has 2 aromatic heterocycles. The Morgan fingerprint density at radius 3 is 2.65 bits per heavy atom. The van der Waals surface area contributed by atoms with Crippen LogP contribution in [0.1, 0.15) is 0 Å². The summed E-state index contributed by atoms with van der Waals surface area (Å²) in [6.07, 6.45) is 1.62. The molecule has 26 heavy (non-hydrogen) atoms. The molecule has 1 aromatic carbocycles. The minimum Gasteiger partial charge on any atom is -0.462 e. The Hall–Kier alpha value is -1.45. The lowest BCUT2D eigenvalue weighted by atomic mass is 10.2. The molecule has 0 saturated carbocycles. The van der Waals surface area contributed by atoms with Crippen LogP contribution in [0.15, 0.2) is 45.2 Å². The summed E-state index contributed by atoms with van der Waals surface area (Å²) < 4.78 is 34.0. The third kappa shape index (κ3) is 3.79. The SMILES string of the molecule is Cl.O=S(=O)(Nc1cc(N2CCNCC2)c2occc2c1)c1ccc(Cl)s1. The monoisotopic (exact) mass is 433 g/mol. The number of furan rings is 1. The van der Waals surface area contributed by atoms with Gasteiger partial charge in [0.25, 0.3) is 10.0 Å². The second-order valence-corrected chi connectivity index (χ2v) is 9.36. The summed E-state index contributed by atoms with van der Waals surface area (Å²) in [4.78, 5) is 2.20.